The molecule has 0 aromatic heterocycles. The van der Waals surface area contributed by atoms with Crippen molar-refractivity contribution in [2.24, 2.45) is 5.10 Å². The minimum absolute atomic E-state index is 0.0546. The predicted molar refractivity (Wildman–Crippen MR) is 43.1 cm³/mol. The van der Waals surface area contributed by atoms with Crippen LogP contribution in [0.15, 0.2) is 5.10 Å². The highest BCUT2D eigenvalue weighted by Crippen LogP contribution is 2.09. The van der Waals surface area contributed by atoms with E-state index >= 15 is 0 Å². The molecule has 1 aliphatic heterocycles. The van der Waals surface area contributed by atoms with Gasteiger partial charge in [0.15, 0.2) is 0 Å². The molecule has 1 atom stereocenters. The molecule has 12 heavy (non-hydrogen) atoms. The summed E-state index contributed by atoms with van der Waals surface area (Å²) < 4.78 is 5.12. The summed E-state index contributed by atoms with van der Waals surface area (Å²) in [6.45, 7) is 5.01. The van der Waals surface area contributed by atoms with E-state index in [-0.39, 0.29) is 12.5 Å². The molecule has 1 heterocycles. The number of ether oxygens (including phenoxy) is 1. The number of carboxylic acids is 1. The highest BCUT2D eigenvalue weighted by molar-refractivity contribution is 5.67. The maximum atomic E-state index is 10.4. The Bertz CT molecular complexity index is 183. The van der Waals surface area contributed by atoms with Crippen molar-refractivity contribution in [3.63, 3.8) is 0 Å². The van der Waals surface area contributed by atoms with Gasteiger partial charge in [-0.05, 0) is 0 Å². The fourth-order valence-electron chi connectivity index (χ4n) is 1.20. The van der Waals surface area contributed by atoms with Crippen LogP contribution in [0.2, 0.25) is 0 Å². The molecule has 0 radical (unpaired) electrons. The summed E-state index contributed by atoms with van der Waals surface area (Å²) in [5.74, 6) is -0.834. The van der Waals surface area contributed by atoms with Crippen molar-refractivity contribution in [1.29, 1.82) is 0 Å². The Kier molecular flexibility index (Phi) is 3.04. The number of rotatable bonds is 3. The standard InChI is InChI=1S/C7H12N2O3/c1-8-9-2-3-12-5-6(9)4-7(10)11/h6H,1-5H2,(H,10,11). The van der Waals surface area contributed by atoms with E-state index in [0.29, 0.717) is 19.8 Å². The molecular weight excluding hydrogens is 160 g/mol. The minimum atomic E-state index is -0.834. The van der Waals surface area contributed by atoms with Gasteiger partial charge in [-0.25, -0.2) is 0 Å². The number of morpholine rings is 1. The van der Waals surface area contributed by atoms with E-state index in [2.05, 4.69) is 11.8 Å². The third-order valence-electron chi connectivity index (χ3n) is 1.79. The fraction of sp³-hybridized carbons (Fsp3) is 0.714. The topological polar surface area (TPSA) is 62.1 Å². The summed E-state index contributed by atoms with van der Waals surface area (Å²) in [6.07, 6.45) is 0.0546. The highest BCUT2D eigenvalue weighted by Gasteiger charge is 2.23. The van der Waals surface area contributed by atoms with E-state index < -0.39 is 5.97 Å². The van der Waals surface area contributed by atoms with Gasteiger partial charge >= 0.3 is 5.97 Å². The van der Waals surface area contributed by atoms with Crippen molar-refractivity contribution in [1.82, 2.24) is 5.01 Å². The van der Waals surface area contributed by atoms with Crippen LogP contribution in [-0.4, -0.2) is 48.6 Å². The smallest absolute Gasteiger partial charge is 0.305 e. The van der Waals surface area contributed by atoms with Crippen molar-refractivity contribution in [2.75, 3.05) is 19.8 Å². The summed E-state index contributed by atoms with van der Waals surface area (Å²) in [7, 11) is 0. The van der Waals surface area contributed by atoms with Crippen molar-refractivity contribution < 1.29 is 14.6 Å². The first kappa shape index (κ1) is 8.99. The average molecular weight is 172 g/mol. The lowest BCUT2D eigenvalue weighted by Gasteiger charge is -2.31. The van der Waals surface area contributed by atoms with Gasteiger partial charge in [0.25, 0.3) is 0 Å². The van der Waals surface area contributed by atoms with Gasteiger partial charge in [0.2, 0.25) is 0 Å². The van der Waals surface area contributed by atoms with Crippen LogP contribution in [0.1, 0.15) is 6.42 Å². The summed E-state index contributed by atoms with van der Waals surface area (Å²) in [5.41, 5.74) is 0. The van der Waals surface area contributed by atoms with Crippen LogP contribution in [-0.2, 0) is 9.53 Å². The largest absolute Gasteiger partial charge is 0.481 e. The summed E-state index contributed by atoms with van der Waals surface area (Å²) in [6, 6.07) is -0.159. The Balaban J connectivity index is 2.46. The van der Waals surface area contributed by atoms with Gasteiger partial charge in [0.1, 0.15) is 0 Å². The minimum Gasteiger partial charge on any atom is -0.481 e. The molecule has 5 nitrogen and oxygen atoms in total. The van der Waals surface area contributed by atoms with E-state index in [9.17, 15) is 4.79 Å². The fourth-order valence-corrected chi connectivity index (χ4v) is 1.20. The van der Waals surface area contributed by atoms with Gasteiger partial charge in [-0.1, -0.05) is 0 Å². The van der Waals surface area contributed by atoms with E-state index in [0.717, 1.165) is 0 Å². The monoisotopic (exact) mass is 172 g/mol. The number of hydrazone groups is 1. The first-order chi connectivity index (χ1) is 5.74. The molecule has 0 spiro atoms. The van der Waals surface area contributed by atoms with Gasteiger partial charge in [-0.2, -0.15) is 5.10 Å². The van der Waals surface area contributed by atoms with Gasteiger partial charge in [-0.15, -0.1) is 0 Å². The Morgan fingerprint density at radius 2 is 2.58 bits per heavy atom. The second kappa shape index (κ2) is 4.06. The second-order valence-corrected chi connectivity index (χ2v) is 2.63. The van der Waals surface area contributed by atoms with Crippen LogP contribution < -0.4 is 0 Å². The molecular formula is C7H12N2O3. The van der Waals surface area contributed by atoms with Crippen LogP contribution in [0.4, 0.5) is 0 Å². The van der Waals surface area contributed by atoms with E-state index in [1.165, 1.54) is 0 Å². The number of carbonyl (C=O) groups is 1. The lowest BCUT2D eigenvalue weighted by atomic mass is 10.2. The molecule has 0 aromatic rings. The third kappa shape index (κ3) is 2.20. The quantitative estimate of drug-likeness (QED) is 0.598. The molecule has 1 rings (SSSR count). The van der Waals surface area contributed by atoms with Crippen molar-refractivity contribution in [2.45, 2.75) is 12.5 Å². The predicted octanol–water partition coefficient (Wildman–Crippen LogP) is -0.223. The van der Waals surface area contributed by atoms with Crippen LogP contribution >= 0.6 is 0 Å². The van der Waals surface area contributed by atoms with Crippen LogP contribution in [0.25, 0.3) is 0 Å². The van der Waals surface area contributed by atoms with Gasteiger partial charge in [0.05, 0.1) is 32.2 Å². The van der Waals surface area contributed by atoms with Crippen molar-refractivity contribution >= 4 is 12.7 Å². The summed E-state index contributed by atoms with van der Waals surface area (Å²) in [5, 5.41) is 13.9. The summed E-state index contributed by atoms with van der Waals surface area (Å²) >= 11 is 0. The Hall–Kier alpha value is -1.10. The number of carboxylic acid groups (broad SMARTS) is 1. The van der Waals surface area contributed by atoms with Gasteiger partial charge < -0.3 is 9.84 Å². The molecule has 0 aliphatic carbocycles. The molecule has 1 unspecified atom stereocenters. The zero-order chi connectivity index (χ0) is 8.97. The zero-order valence-corrected chi connectivity index (χ0v) is 6.77. The van der Waals surface area contributed by atoms with Crippen LogP contribution in [0.5, 0.6) is 0 Å². The number of nitrogens with zero attached hydrogens (tertiary/aromatic N) is 2. The molecule has 68 valence electrons. The van der Waals surface area contributed by atoms with Crippen LogP contribution in [0, 0.1) is 0 Å². The second-order valence-electron chi connectivity index (χ2n) is 2.63. The Labute approximate surface area is 70.6 Å². The first-order valence-corrected chi connectivity index (χ1v) is 3.77. The Morgan fingerprint density at radius 3 is 3.17 bits per heavy atom. The lowest BCUT2D eigenvalue weighted by molar-refractivity contribution is -0.140. The van der Waals surface area contributed by atoms with Gasteiger partial charge in [0, 0.05) is 6.72 Å². The molecule has 1 saturated heterocycles. The molecule has 0 aromatic carbocycles. The number of aliphatic carboxylic acids is 1. The number of hydrogen-bond donors (Lipinski definition) is 1. The molecule has 1 fully saturated rings. The molecule has 5 heteroatoms. The lowest BCUT2D eigenvalue weighted by Crippen LogP contribution is -2.43. The molecule has 0 bridgehead atoms. The highest BCUT2D eigenvalue weighted by atomic mass is 16.5. The molecule has 0 saturated carbocycles. The van der Waals surface area contributed by atoms with E-state index in [1.807, 2.05) is 0 Å². The van der Waals surface area contributed by atoms with Crippen molar-refractivity contribution in [3.05, 3.63) is 0 Å². The maximum absolute atomic E-state index is 10.4. The van der Waals surface area contributed by atoms with Gasteiger partial charge in [-0.3, -0.25) is 9.80 Å². The first-order valence-electron chi connectivity index (χ1n) is 3.77. The maximum Gasteiger partial charge on any atom is 0.305 e. The van der Waals surface area contributed by atoms with Crippen molar-refractivity contribution in [3.8, 4) is 0 Å². The van der Waals surface area contributed by atoms with E-state index in [4.69, 9.17) is 9.84 Å². The average Bonchev–Trinajstić information content (AvgIpc) is 2.04. The summed E-state index contributed by atoms with van der Waals surface area (Å²) in [4.78, 5) is 10.4. The normalized spacial score (nSPS) is 23.7. The zero-order valence-electron chi connectivity index (χ0n) is 6.77. The number of hydrogen-bond acceptors (Lipinski definition) is 4. The van der Waals surface area contributed by atoms with Crippen LogP contribution in [0.3, 0.4) is 0 Å². The molecule has 1 N–H and O–H groups in total. The molecule has 1 aliphatic rings. The molecule has 0 amide bonds. The third-order valence-corrected chi connectivity index (χ3v) is 1.79. The Morgan fingerprint density at radius 1 is 1.83 bits per heavy atom. The van der Waals surface area contributed by atoms with E-state index in [1.54, 1.807) is 5.01 Å². The SMILES string of the molecule is C=NN1CCOCC1CC(=O)O.